The SMILES string of the molecule is C#CC1CC2C3CCc4cc(O)ccc4C3CCC2(C)[C@H]1O.C=C=C1CCC2C3CCc4cc(O)ccc4C3CCC12C. The van der Waals surface area contributed by atoms with Crippen LogP contribution in [0.5, 0.6) is 11.5 Å². The number of phenols is 2. The highest BCUT2D eigenvalue weighted by Gasteiger charge is 2.57. The maximum absolute atomic E-state index is 10.7. The Morgan fingerprint density at radius 3 is 1.95 bits per heavy atom. The molecule has 4 fully saturated rings. The van der Waals surface area contributed by atoms with Gasteiger partial charge in [0.1, 0.15) is 11.5 Å². The van der Waals surface area contributed by atoms with Crippen LogP contribution < -0.4 is 0 Å². The molecule has 6 aliphatic rings. The number of fused-ring (bicyclic) bond motifs is 10. The number of rotatable bonds is 0. The van der Waals surface area contributed by atoms with Crippen molar-refractivity contribution >= 4 is 0 Å². The van der Waals surface area contributed by atoms with E-state index < -0.39 is 0 Å². The summed E-state index contributed by atoms with van der Waals surface area (Å²) in [7, 11) is 0. The van der Waals surface area contributed by atoms with Crippen LogP contribution in [0.1, 0.15) is 106 Å². The quantitative estimate of drug-likeness (QED) is 0.218. The Balaban J connectivity index is 0.000000140. The molecule has 10 atom stereocenters. The van der Waals surface area contributed by atoms with Crippen molar-refractivity contribution in [1.82, 2.24) is 0 Å². The molecule has 2 aromatic carbocycles. The van der Waals surface area contributed by atoms with E-state index in [-0.39, 0.29) is 17.4 Å². The van der Waals surface area contributed by atoms with Gasteiger partial charge >= 0.3 is 0 Å². The van der Waals surface area contributed by atoms with Crippen LogP contribution in [0.2, 0.25) is 0 Å². The summed E-state index contributed by atoms with van der Waals surface area (Å²) in [5.41, 5.74) is 10.7. The van der Waals surface area contributed by atoms with Crippen molar-refractivity contribution in [2.45, 2.75) is 102 Å². The summed E-state index contributed by atoms with van der Waals surface area (Å²) in [6.45, 7) is 8.65. The van der Waals surface area contributed by atoms with E-state index in [0.717, 1.165) is 50.4 Å². The molecular weight excluding hydrogens is 528 g/mol. The first-order valence-electron chi connectivity index (χ1n) is 16.8. The van der Waals surface area contributed by atoms with Gasteiger partial charge in [-0.3, -0.25) is 0 Å². The molecule has 0 amide bonds. The van der Waals surface area contributed by atoms with Crippen molar-refractivity contribution < 1.29 is 15.3 Å². The van der Waals surface area contributed by atoms with Crippen LogP contribution in [-0.4, -0.2) is 21.4 Å². The molecule has 0 aromatic heterocycles. The van der Waals surface area contributed by atoms with E-state index in [4.69, 9.17) is 6.42 Å². The van der Waals surface area contributed by atoms with Gasteiger partial charge in [-0.15, -0.1) is 18.1 Å². The summed E-state index contributed by atoms with van der Waals surface area (Å²) in [5, 5.41) is 30.1. The molecule has 0 spiro atoms. The predicted octanol–water partition coefficient (Wildman–Crippen LogP) is 8.43. The minimum absolute atomic E-state index is 0.00732. The lowest BCUT2D eigenvalue weighted by Gasteiger charge is -2.50. The Hall–Kier alpha value is -2.92. The number of allylic oxidation sites excluding steroid dienone is 1. The number of aliphatic hydroxyl groups excluding tert-OH is 1. The monoisotopic (exact) mass is 576 g/mol. The van der Waals surface area contributed by atoms with Gasteiger partial charge in [0, 0.05) is 5.92 Å². The van der Waals surface area contributed by atoms with E-state index >= 15 is 0 Å². The van der Waals surface area contributed by atoms with Crippen molar-refractivity contribution in [3.8, 4) is 23.8 Å². The van der Waals surface area contributed by atoms with Gasteiger partial charge in [-0.1, -0.05) is 32.6 Å². The average molecular weight is 577 g/mol. The van der Waals surface area contributed by atoms with Gasteiger partial charge < -0.3 is 15.3 Å². The zero-order chi connectivity index (χ0) is 30.1. The first-order valence-corrected chi connectivity index (χ1v) is 16.8. The summed E-state index contributed by atoms with van der Waals surface area (Å²) in [6, 6.07) is 11.9. The molecule has 6 aliphatic carbocycles. The molecule has 2 aromatic rings. The molecule has 3 N–H and O–H groups in total. The van der Waals surface area contributed by atoms with Gasteiger partial charge in [0.15, 0.2) is 0 Å². The second-order valence-electron chi connectivity index (χ2n) is 15.2. The first-order chi connectivity index (χ1) is 20.7. The maximum atomic E-state index is 10.7. The van der Waals surface area contributed by atoms with Crippen LogP contribution in [0.15, 0.2) is 54.3 Å². The van der Waals surface area contributed by atoms with E-state index in [1.807, 2.05) is 24.3 Å². The van der Waals surface area contributed by atoms with Gasteiger partial charge in [0.25, 0.3) is 0 Å². The normalized spacial score (nSPS) is 40.2. The summed E-state index contributed by atoms with van der Waals surface area (Å²) < 4.78 is 0. The van der Waals surface area contributed by atoms with Gasteiger partial charge in [-0.2, -0.15) is 0 Å². The predicted molar refractivity (Wildman–Crippen MR) is 172 cm³/mol. The van der Waals surface area contributed by atoms with Gasteiger partial charge in [-0.05, 0) is 169 Å². The van der Waals surface area contributed by atoms with E-state index in [1.165, 1.54) is 59.9 Å². The fraction of sp³-hybridized carbons (Fsp3) is 0.575. The highest BCUT2D eigenvalue weighted by Crippen LogP contribution is 2.63. The summed E-state index contributed by atoms with van der Waals surface area (Å²) in [6.07, 6.45) is 18.2. The van der Waals surface area contributed by atoms with E-state index in [9.17, 15) is 15.3 Å². The van der Waals surface area contributed by atoms with Gasteiger partial charge in [0.2, 0.25) is 0 Å². The fourth-order valence-corrected chi connectivity index (χ4v) is 11.4. The largest absolute Gasteiger partial charge is 0.508 e. The van der Waals surface area contributed by atoms with Crippen LogP contribution in [0.4, 0.5) is 0 Å². The maximum Gasteiger partial charge on any atom is 0.115 e. The lowest BCUT2D eigenvalue weighted by molar-refractivity contribution is -0.0278. The third-order valence-corrected chi connectivity index (χ3v) is 13.6. The Morgan fingerprint density at radius 2 is 1.37 bits per heavy atom. The summed E-state index contributed by atoms with van der Waals surface area (Å²) in [5.74, 6) is 7.72. The van der Waals surface area contributed by atoms with Crippen molar-refractivity contribution in [3.05, 3.63) is 76.5 Å². The molecule has 43 heavy (non-hydrogen) atoms. The highest BCUT2D eigenvalue weighted by molar-refractivity contribution is 5.42. The lowest BCUT2D eigenvalue weighted by atomic mass is 9.55. The topological polar surface area (TPSA) is 60.7 Å². The third-order valence-electron chi connectivity index (χ3n) is 13.6. The second-order valence-corrected chi connectivity index (χ2v) is 15.2. The zero-order valence-electron chi connectivity index (χ0n) is 26.0. The van der Waals surface area contributed by atoms with Gasteiger partial charge in [-0.25, -0.2) is 0 Å². The molecule has 0 radical (unpaired) electrons. The smallest absolute Gasteiger partial charge is 0.115 e. The molecule has 9 unspecified atom stereocenters. The number of aromatic hydroxyl groups is 2. The molecule has 0 bridgehead atoms. The third kappa shape index (κ3) is 4.43. The Kier molecular flexibility index (Phi) is 7.11. The minimum Gasteiger partial charge on any atom is -0.508 e. The van der Waals surface area contributed by atoms with E-state index in [0.29, 0.717) is 40.6 Å². The van der Waals surface area contributed by atoms with Gasteiger partial charge in [0.05, 0.1) is 6.10 Å². The van der Waals surface area contributed by atoms with Crippen molar-refractivity contribution in [3.63, 3.8) is 0 Å². The number of phenolic OH excluding ortho intramolecular Hbond substituents is 2. The number of terminal acetylenes is 1. The second kappa shape index (κ2) is 10.6. The van der Waals surface area contributed by atoms with Crippen molar-refractivity contribution in [2.24, 2.45) is 40.4 Å². The van der Waals surface area contributed by atoms with Crippen LogP contribution >= 0.6 is 0 Å². The highest BCUT2D eigenvalue weighted by atomic mass is 16.3. The number of hydrogen-bond donors (Lipinski definition) is 3. The Bertz CT molecular complexity index is 1510. The Morgan fingerprint density at radius 1 is 0.791 bits per heavy atom. The number of hydrogen-bond acceptors (Lipinski definition) is 3. The van der Waals surface area contributed by atoms with Crippen LogP contribution in [0.25, 0.3) is 0 Å². The fourth-order valence-electron chi connectivity index (χ4n) is 11.4. The average Bonchev–Trinajstić information content (AvgIpc) is 3.49. The molecular formula is C40H48O3. The van der Waals surface area contributed by atoms with Crippen LogP contribution in [0, 0.1) is 52.8 Å². The van der Waals surface area contributed by atoms with Crippen LogP contribution in [0.3, 0.4) is 0 Å². The number of benzene rings is 2. The lowest BCUT2D eigenvalue weighted by Crippen LogP contribution is -2.44. The first kappa shape index (κ1) is 28.8. The molecule has 0 saturated heterocycles. The standard InChI is InChI=1S/C20H24O2.C20H24O/c1-3-12-11-18-17-6-4-13-10-14(21)5-7-15(13)16(17)8-9-20(18,2)19(12)22;1-3-14-5-9-19-18-7-4-13-12-15(21)6-8-16(13)17(18)10-11-20(14,19)2/h1,5,7,10,12,16-19,21-22H,4,6,8-9,11H2,2H3;6,8,12,17-19,21H,1,4-5,7,9-11H2,2H3/t12?,16?,17?,18?,19-,20?;/m0./s1. The van der Waals surface area contributed by atoms with Crippen molar-refractivity contribution in [1.29, 1.82) is 0 Å². The molecule has 3 heteroatoms. The summed E-state index contributed by atoms with van der Waals surface area (Å²) in [4.78, 5) is 0. The van der Waals surface area contributed by atoms with Crippen molar-refractivity contribution in [2.75, 3.05) is 0 Å². The molecule has 8 rings (SSSR count). The molecule has 0 aliphatic heterocycles. The molecule has 226 valence electrons. The Labute approximate surface area is 258 Å². The number of aliphatic hydroxyl groups is 1. The zero-order valence-corrected chi connectivity index (χ0v) is 26.0. The molecule has 3 nitrogen and oxygen atoms in total. The van der Waals surface area contributed by atoms with E-state index in [1.54, 1.807) is 0 Å². The van der Waals surface area contributed by atoms with E-state index in [2.05, 4.69) is 44.2 Å². The van der Waals surface area contributed by atoms with Crippen LogP contribution in [-0.2, 0) is 12.8 Å². The minimum atomic E-state index is -0.343. The molecule has 0 heterocycles. The molecule has 4 saturated carbocycles. The number of aryl methyl sites for hydroxylation is 2. The summed E-state index contributed by atoms with van der Waals surface area (Å²) >= 11 is 0.